The van der Waals surface area contributed by atoms with Crippen molar-refractivity contribution in [3.05, 3.63) is 18.1 Å². The molecule has 1 aromatic rings. The Morgan fingerprint density at radius 3 is 2.78 bits per heavy atom. The van der Waals surface area contributed by atoms with Crippen molar-refractivity contribution in [3.8, 4) is 0 Å². The smallest absolute Gasteiger partial charge is 0.354 e. The van der Waals surface area contributed by atoms with E-state index in [4.69, 9.17) is 39.5 Å². The van der Waals surface area contributed by atoms with Crippen molar-refractivity contribution in [2.24, 2.45) is 0 Å². The van der Waals surface area contributed by atoms with E-state index in [2.05, 4.69) is 20.8 Å². The van der Waals surface area contributed by atoms with Gasteiger partial charge in [-0.05, 0) is 23.4 Å². The largest absolute Gasteiger partial charge is 0.456 e. The Labute approximate surface area is 172 Å². The van der Waals surface area contributed by atoms with Gasteiger partial charge in [-0.25, -0.2) is 9.48 Å². The molecule has 0 bridgehead atoms. The summed E-state index contributed by atoms with van der Waals surface area (Å²) in [6.45, 7) is 1.28. The highest BCUT2D eigenvalue weighted by Gasteiger charge is 2.54. The summed E-state index contributed by atoms with van der Waals surface area (Å²) in [5.41, 5.74) is 0.0662. The molecule has 0 saturated carbocycles. The molecule has 1 aromatic heterocycles. The number of amides is 2. The summed E-state index contributed by atoms with van der Waals surface area (Å²) in [4.78, 5) is 38.1. The number of rotatable bonds is 5. The molecule has 14 heteroatoms. The minimum Gasteiger partial charge on any atom is -0.456 e. The van der Waals surface area contributed by atoms with Crippen molar-refractivity contribution in [2.75, 3.05) is 6.61 Å². The van der Waals surface area contributed by atoms with Crippen molar-refractivity contribution in [1.29, 1.82) is 0 Å². The van der Waals surface area contributed by atoms with Crippen LogP contribution in [0.2, 0.25) is 0 Å². The summed E-state index contributed by atoms with van der Waals surface area (Å²) >= 11 is 18.2. The summed E-state index contributed by atoms with van der Waals surface area (Å²) in [6.07, 6.45) is 2.88. The fourth-order valence-corrected chi connectivity index (χ4v) is 4.05. The van der Waals surface area contributed by atoms with Crippen LogP contribution < -0.4 is 5.32 Å². The maximum atomic E-state index is 12.5. The highest BCUT2D eigenvalue weighted by Crippen LogP contribution is 2.41. The third kappa shape index (κ3) is 4.65. The van der Waals surface area contributed by atoms with Gasteiger partial charge in [-0.1, -0.05) is 34.8 Å². The molecule has 1 saturated heterocycles. The summed E-state index contributed by atoms with van der Waals surface area (Å²) in [5, 5.41) is 12.5. The number of fused-ring (bicyclic) bond motifs is 1. The number of carbonyl (C=O) groups excluding carboxylic acids is 3. The van der Waals surface area contributed by atoms with Crippen molar-refractivity contribution in [3.63, 3.8) is 0 Å². The number of esters is 1. The Kier molecular flexibility index (Phi) is 5.84. The average Bonchev–Trinajstić information content (AvgIpc) is 3.09. The molecule has 0 aromatic carbocycles. The molecule has 3 atom stereocenters. The summed E-state index contributed by atoms with van der Waals surface area (Å²) < 4.78 is 4.44. The maximum Gasteiger partial charge on any atom is 0.354 e. The van der Waals surface area contributed by atoms with Crippen LogP contribution in [0.5, 0.6) is 0 Å². The van der Waals surface area contributed by atoms with Crippen molar-refractivity contribution >= 4 is 64.3 Å². The van der Waals surface area contributed by atoms with Gasteiger partial charge in [0.2, 0.25) is 9.70 Å². The Morgan fingerprint density at radius 1 is 1.41 bits per heavy atom. The van der Waals surface area contributed by atoms with Crippen LogP contribution in [-0.4, -0.2) is 70.0 Å². The number of nitrogens with one attached hydrogen (secondary N) is 1. The van der Waals surface area contributed by atoms with E-state index in [0.29, 0.717) is 0 Å². The molecular formula is C13H13Cl3N6O4S. The molecule has 0 spiro atoms. The van der Waals surface area contributed by atoms with E-state index < -0.39 is 39.6 Å². The number of hydrogen-bond donors (Lipinski definition) is 1. The molecule has 1 N–H and O–H groups in total. The van der Waals surface area contributed by atoms with Gasteiger partial charge in [-0.2, -0.15) is 0 Å². The second-order valence-corrected chi connectivity index (χ2v) is 9.75. The zero-order chi connectivity index (χ0) is 19.8. The van der Waals surface area contributed by atoms with Crippen LogP contribution in [0.4, 0.5) is 0 Å². The van der Waals surface area contributed by atoms with Gasteiger partial charge >= 0.3 is 5.97 Å². The van der Waals surface area contributed by atoms with E-state index in [9.17, 15) is 14.4 Å². The Morgan fingerprint density at radius 2 is 2.15 bits per heavy atom. The number of β-lactam (4-membered cyclic amide) rings is 1. The second-order valence-electron chi connectivity index (χ2n) is 5.74. The monoisotopic (exact) mass is 454 g/mol. The second kappa shape index (κ2) is 7.82. The third-order valence-electron chi connectivity index (χ3n) is 3.64. The number of halogens is 3. The maximum absolute atomic E-state index is 12.5. The molecule has 0 radical (unpaired) electrons. The Hall–Kier alpha value is -1.56. The van der Waals surface area contributed by atoms with Crippen molar-refractivity contribution < 1.29 is 19.1 Å². The van der Waals surface area contributed by atoms with Crippen LogP contribution in [0.1, 0.15) is 6.92 Å². The lowest BCUT2D eigenvalue weighted by Crippen LogP contribution is -2.70. The van der Waals surface area contributed by atoms with Crippen LogP contribution in [0.25, 0.3) is 0 Å². The van der Waals surface area contributed by atoms with Gasteiger partial charge in [-0.3, -0.25) is 14.5 Å². The Bertz CT molecular complexity index is 784. The van der Waals surface area contributed by atoms with E-state index >= 15 is 0 Å². The minimum atomic E-state index is -1.75. The highest BCUT2D eigenvalue weighted by atomic mass is 35.6. The van der Waals surface area contributed by atoms with Crippen LogP contribution >= 0.6 is 46.6 Å². The van der Waals surface area contributed by atoms with Crippen LogP contribution in [-0.2, 0) is 25.7 Å². The molecule has 1 fully saturated rings. The highest BCUT2D eigenvalue weighted by molar-refractivity contribution is 8.00. The fraction of sp³-hybridized carbons (Fsp3) is 0.538. The number of aromatic nitrogens is 4. The number of hydrogen-bond acceptors (Lipinski definition) is 8. The van der Waals surface area contributed by atoms with Gasteiger partial charge in [0.25, 0.3) is 5.91 Å². The predicted octanol–water partition coefficient (Wildman–Crippen LogP) is 0.259. The molecule has 3 rings (SSSR count). The van der Waals surface area contributed by atoms with E-state index in [0.717, 1.165) is 0 Å². The first-order valence-corrected chi connectivity index (χ1v) is 9.68. The number of alkyl halides is 3. The molecule has 3 heterocycles. The van der Waals surface area contributed by atoms with E-state index in [1.165, 1.54) is 27.7 Å². The van der Waals surface area contributed by atoms with E-state index in [1.807, 2.05) is 6.92 Å². The van der Waals surface area contributed by atoms with Gasteiger partial charge in [0, 0.05) is 5.25 Å². The molecule has 2 unspecified atom stereocenters. The zero-order valence-electron chi connectivity index (χ0n) is 13.7. The van der Waals surface area contributed by atoms with E-state index in [-0.39, 0.29) is 17.5 Å². The lowest BCUT2D eigenvalue weighted by atomic mass is 10.0. The molecule has 146 valence electrons. The lowest BCUT2D eigenvalue weighted by Gasteiger charge is -2.49. The Balaban J connectivity index is 1.64. The van der Waals surface area contributed by atoms with Crippen molar-refractivity contribution in [2.45, 2.75) is 33.9 Å². The van der Waals surface area contributed by atoms with Gasteiger partial charge in [0.15, 0.2) is 0 Å². The first-order chi connectivity index (χ1) is 12.7. The standard InChI is InChI=1S/C13H13Cl3N6O4S/c1-6-2-7(12(25)26-4-13(14,15)16)22-10(24)9(11(22)27-6)18-8(23)3-21-5-17-19-20-21/h2,5-6,9,11H,3-4H2,1H3,(H,18,23)/t6?,9?,11-/m0/s1. The zero-order valence-corrected chi connectivity index (χ0v) is 16.8. The van der Waals surface area contributed by atoms with Crippen molar-refractivity contribution in [1.82, 2.24) is 30.4 Å². The third-order valence-corrected chi connectivity index (χ3v) is 5.29. The SMILES string of the molecule is CC1C=C(C(=O)OCC(Cl)(Cl)Cl)N2C(=O)C(NC(=O)Cn3cnnn3)[C@@H]2S1. The van der Waals surface area contributed by atoms with Crippen LogP contribution in [0.3, 0.4) is 0 Å². The molecular weight excluding hydrogens is 443 g/mol. The number of carbonyl (C=O) groups is 3. The van der Waals surface area contributed by atoms with Gasteiger partial charge in [-0.15, -0.1) is 16.9 Å². The average molecular weight is 456 g/mol. The minimum absolute atomic E-state index is 0.0662. The number of nitrogens with zero attached hydrogens (tertiary/aromatic N) is 5. The quantitative estimate of drug-likeness (QED) is 0.381. The van der Waals surface area contributed by atoms with E-state index in [1.54, 1.807) is 6.08 Å². The molecule has 2 aliphatic rings. The van der Waals surface area contributed by atoms with Crippen LogP contribution in [0, 0.1) is 0 Å². The van der Waals surface area contributed by atoms with Gasteiger partial charge in [0.1, 0.15) is 36.6 Å². The summed E-state index contributed by atoms with van der Waals surface area (Å²) in [5.74, 6) is -1.63. The fourth-order valence-electron chi connectivity index (χ4n) is 2.56. The number of ether oxygens (including phenoxy) is 1. The molecule has 27 heavy (non-hydrogen) atoms. The molecule has 0 aliphatic carbocycles. The molecule has 2 aliphatic heterocycles. The first kappa shape index (κ1) is 20.2. The van der Waals surface area contributed by atoms with Crippen LogP contribution in [0.15, 0.2) is 18.1 Å². The van der Waals surface area contributed by atoms with Gasteiger partial charge < -0.3 is 10.1 Å². The number of tetrazole rings is 1. The van der Waals surface area contributed by atoms with Gasteiger partial charge in [0.05, 0.1) is 0 Å². The first-order valence-electron chi connectivity index (χ1n) is 7.60. The molecule has 2 amide bonds. The normalized spacial score (nSPS) is 24.6. The lowest BCUT2D eigenvalue weighted by molar-refractivity contribution is -0.152. The predicted molar refractivity (Wildman–Crippen MR) is 96.8 cm³/mol. The number of thioether (sulfide) groups is 1. The molecule has 10 nitrogen and oxygen atoms in total. The summed E-state index contributed by atoms with van der Waals surface area (Å²) in [6, 6.07) is -0.772. The topological polar surface area (TPSA) is 119 Å². The summed E-state index contributed by atoms with van der Waals surface area (Å²) in [7, 11) is 0.